The van der Waals surface area contributed by atoms with Crippen molar-refractivity contribution in [2.45, 2.75) is 73.3 Å². The van der Waals surface area contributed by atoms with Crippen LogP contribution in [-0.2, 0) is 4.79 Å². The number of rotatable bonds is 9. The molecule has 5 heteroatoms. The van der Waals surface area contributed by atoms with Gasteiger partial charge in [-0.25, -0.2) is 0 Å². The largest absolute Gasteiger partial charge is 0.357 e. The van der Waals surface area contributed by atoms with Crippen molar-refractivity contribution in [3.8, 4) is 0 Å². The van der Waals surface area contributed by atoms with Crippen LogP contribution in [0.3, 0.4) is 0 Å². The summed E-state index contributed by atoms with van der Waals surface area (Å²) in [6.45, 7) is 14.2. The molecule has 0 spiro atoms. The van der Waals surface area contributed by atoms with Crippen molar-refractivity contribution >= 4 is 11.9 Å². The molecule has 0 aromatic heterocycles. The van der Waals surface area contributed by atoms with Crippen LogP contribution in [0, 0.1) is 5.41 Å². The second kappa shape index (κ2) is 11.3. The maximum atomic E-state index is 11.8. The van der Waals surface area contributed by atoms with E-state index in [4.69, 9.17) is 0 Å². The first kappa shape index (κ1) is 20.7. The lowest BCUT2D eigenvalue weighted by molar-refractivity contribution is -0.128. The third-order valence-corrected chi connectivity index (χ3v) is 3.32. The zero-order valence-corrected chi connectivity index (χ0v) is 15.4. The van der Waals surface area contributed by atoms with Crippen LogP contribution in [0.25, 0.3) is 0 Å². The van der Waals surface area contributed by atoms with Crippen LogP contribution in [0.2, 0.25) is 0 Å². The molecule has 3 N–H and O–H groups in total. The number of unbranched alkanes of at least 4 members (excludes halogenated alkanes) is 2. The summed E-state index contributed by atoms with van der Waals surface area (Å²) >= 11 is 0. The Bertz CT molecular complexity index is 334. The van der Waals surface area contributed by atoms with E-state index in [0.717, 1.165) is 18.9 Å². The topological polar surface area (TPSA) is 65.5 Å². The molecular formula is C17H36N4O. The van der Waals surface area contributed by atoms with Gasteiger partial charge in [0.25, 0.3) is 0 Å². The molecule has 0 aliphatic carbocycles. The van der Waals surface area contributed by atoms with E-state index in [1.807, 2.05) is 20.8 Å². The molecule has 0 fully saturated rings. The maximum Gasteiger partial charge on any atom is 0.225 e. The number of nitrogens with one attached hydrogen (secondary N) is 3. The summed E-state index contributed by atoms with van der Waals surface area (Å²) in [6.07, 6.45) is 4.91. The predicted molar refractivity (Wildman–Crippen MR) is 95.2 cm³/mol. The lowest BCUT2D eigenvalue weighted by Gasteiger charge is -2.19. The van der Waals surface area contributed by atoms with E-state index in [1.54, 1.807) is 0 Å². The minimum absolute atomic E-state index is 0.0635. The lowest BCUT2D eigenvalue weighted by atomic mass is 9.96. The third kappa shape index (κ3) is 10.5. The van der Waals surface area contributed by atoms with Crippen LogP contribution in [-0.4, -0.2) is 37.5 Å². The molecule has 0 heterocycles. The fourth-order valence-corrected chi connectivity index (χ4v) is 1.93. The van der Waals surface area contributed by atoms with Crippen molar-refractivity contribution in [1.82, 2.24) is 16.0 Å². The highest BCUT2D eigenvalue weighted by Crippen LogP contribution is 2.11. The molecule has 0 aromatic rings. The van der Waals surface area contributed by atoms with Crippen LogP contribution >= 0.6 is 0 Å². The molecule has 22 heavy (non-hydrogen) atoms. The lowest BCUT2D eigenvalue weighted by Crippen LogP contribution is -2.43. The Labute approximate surface area is 136 Å². The van der Waals surface area contributed by atoms with Gasteiger partial charge in [0.2, 0.25) is 5.91 Å². The number of carbonyl (C=O) groups is 1. The Hall–Kier alpha value is -1.26. The summed E-state index contributed by atoms with van der Waals surface area (Å²) in [5.74, 6) is 0.894. The van der Waals surface area contributed by atoms with Gasteiger partial charge in [-0.15, -0.1) is 0 Å². The van der Waals surface area contributed by atoms with E-state index >= 15 is 0 Å². The number of hydrogen-bond donors (Lipinski definition) is 3. The van der Waals surface area contributed by atoms with Gasteiger partial charge in [0.05, 0.1) is 6.54 Å². The molecule has 0 saturated heterocycles. The van der Waals surface area contributed by atoms with Gasteiger partial charge < -0.3 is 16.0 Å². The minimum atomic E-state index is -0.347. The van der Waals surface area contributed by atoms with E-state index in [2.05, 4.69) is 41.7 Å². The number of amides is 1. The number of nitrogens with zero attached hydrogens (tertiary/aromatic N) is 1. The quantitative estimate of drug-likeness (QED) is 0.348. The van der Waals surface area contributed by atoms with Gasteiger partial charge >= 0.3 is 0 Å². The van der Waals surface area contributed by atoms with Gasteiger partial charge in [0.15, 0.2) is 5.96 Å². The van der Waals surface area contributed by atoms with Crippen LogP contribution in [0.15, 0.2) is 4.99 Å². The van der Waals surface area contributed by atoms with Crippen LogP contribution < -0.4 is 16.0 Å². The van der Waals surface area contributed by atoms with Crippen LogP contribution in [0.1, 0.15) is 67.2 Å². The van der Waals surface area contributed by atoms with Gasteiger partial charge in [0, 0.05) is 24.5 Å². The number of hydrogen-bond acceptors (Lipinski definition) is 2. The zero-order chi connectivity index (χ0) is 17.0. The van der Waals surface area contributed by atoms with Crippen molar-refractivity contribution in [3.05, 3.63) is 0 Å². The first-order valence-corrected chi connectivity index (χ1v) is 8.64. The summed E-state index contributed by atoms with van der Waals surface area (Å²) in [5, 5.41) is 9.58. The number of carbonyl (C=O) groups excluding carboxylic acids is 1. The second-order valence-electron chi connectivity index (χ2n) is 6.81. The highest BCUT2D eigenvalue weighted by molar-refractivity contribution is 5.81. The van der Waals surface area contributed by atoms with E-state index < -0.39 is 0 Å². The summed E-state index contributed by atoms with van der Waals surface area (Å²) < 4.78 is 0. The molecule has 1 atom stereocenters. The molecule has 1 unspecified atom stereocenters. The normalized spacial score (nSPS) is 13.6. The first-order chi connectivity index (χ1) is 10.3. The van der Waals surface area contributed by atoms with Gasteiger partial charge in [-0.2, -0.15) is 0 Å². The van der Waals surface area contributed by atoms with Crippen molar-refractivity contribution in [2.75, 3.05) is 19.6 Å². The van der Waals surface area contributed by atoms with Crippen molar-refractivity contribution in [3.63, 3.8) is 0 Å². The first-order valence-electron chi connectivity index (χ1n) is 8.64. The number of aliphatic imine (C=N–C) groups is 1. The second-order valence-corrected chi connectivity index (χ2v) is 6.81. The number of guanidine groups is 1. The minimum Gasteiger partial charge on any atom is -0.357 e. The van der Waals surface area contributed by atoms with Crippen LogP contribution in [0.4, 0.5) is 0 Å². The molecule has 0 rings (SSSR count). The average molecular weight is 313 g/mol. The molecular weight excluding hydrogens is 276 g/mol. The molecule has 5 nitrogen and oxygen atoms in total. The fourth-order valence-electron chi connectivity index (χ4n) is 1.93. The molecule has 1 amide bonds. The standard InChI is InChI=1S/C17H36N4O/c1-7-9-10-11-14(3)21-16(18-8-2)20-13-12-19-15(22)17(4,5)6/h14H,7-13H2,1-6H3,(H,19,22)(H2,18,20,21). The van der Waals surface area contributed by atoms with Crippen molar-refractivity contribution in [2.24, 2.45) is 10.4 Å². The third-order valence-electron chi connectivity index (χ3n) is 3.32. The summed E-state index contributed by atoms with van der Waals surface area (Å²) in [6, 6.07) is 0.411. The van der Waals surface area contributed by atoms with Crippen LogP contribution in [0.5, 0.6) is 0 Å². The molecule has 0 saturated carbocycles. The van der Waals surface area contributed by atoms with Gasteiger partial charge in [-0.1, -0.05) is 47.0 Å². The van der Waals surface area contributed by atoms with Crippen molar-refractivity contribution in [1.29, 1.82) is 0 Å². The summed E-state index contributed by atoms with van der Waals surface area (Å²) in [5.41, 5.74) is -0.347. The molecule has 0 aliphatic rings. The molecule has 130 valence electrons. The Balaban J connectivity index is 4.17. The van der Waals surface area contributed by atoms with E-state index in [-0.39, 0.29) is 11.3 Å². The Kier molecular flexibility index (Phi) is 10.7. The SMILES string of the molecule is CCCCCC(C)NC(=NCCNC(=O)C(C)(C)C)NCC. The molecule has 0 bridgehead atoms. The highest BCUT2D eigenvalue weighted by atomic mass is 16.2. The monoisotopic (exact) mass is 312 g/mol. The predicted octanol–water partition coefficient (Wildman–Crippen LogP) is 2.67. The Morgan fingerprint density at radius 3 is 2.36 bits per heavy atom. The molecule has 0 radical (unpaired) electrons. The fraction of sp³-hybridized carbons (Fsp3) is 0.882. The van der Waals surface area contributed by atoms with E-state index in [0.29, 0.717) is 19.1 Å². The highest BCUT2D eigenvalue weighted by Gasteiger charge is 2.20. The summed E-state index contributed by atoms with van der Waals surface area (Å²) in [4.78, 5) is 16.3. The zero-order valence-electron chi connectivity index (χ0n) is 15.4. The Morgan fingerprint density at radius 1 is 1.14 bits per heavy atom. The summed E-state index contributed by atoms with van der Waals surface area (Å²) in [7, 11) is 0. The van der Waals surface area contributed by atoms with Gasteiger partial charge in [-0.05, 0) is 20.3 Å². The van der Waals surface area contributed by atoms with E-state index in [9.17, 15) is 4.79 Å². The van der Waals surface area contributed by atoms with E-state index in [1.165, 1.54) is 19.3 Å². The van der Waals surface area contributed by atoms with Gasteiger partial charge in [0.1, 0.15) is 0 Å². The van der Waals surface area contributed by atoms with Gasteiger partial charge in [-0.3, -0.25) is 9.79 Å². The maximum absolute atomic E-state index is 11.8. The average Bonchev–Trinajstić information content (AvgIpc) is 2.42. The molecule has 0 aliphatic heterocycles. The molecule has 0 aromatic carbocycles. The van der Waals surface area contributed by atoms with Crippen molar-refractivity contribution < 1.29 is 4.79 Å². The smallest absolute Gasteiger partial charge is 0.225 e. The Morgan fingerprint density at radius 2 is 1.82 bits per heavy atom.